The zero-order valence-corrected chi connectivity index (χ0v) is 16.1. The van der Waals surface area contributed by atoms with E-state index in [-0.39, 0.29) is 17.5 Å². The van der Waals surface area contributed by atoms with Crippen LogP contribution in [0.1, 0.15) is 54.4 Å². The Labute approximate surface area is 170 Å². The number of anilines is 1. The molecule has 2 aromatic rings. The molecule has 0 radical (unpaired) electrons. The number of hydrogen-bond donors (Lipinski definition) is 1. The van der Waals surface area contributed by atoms with Crippen LogP contribution in [0.4, 0.5) is 23.4 Å². The Bertz CT molecular complexity index is 945. The summed E-state index contributed by atoms with van der Waals surface area (Å²) in [6.45, 7) is 0.797. The van der Waals surface area contributed by atoms with Crippen LogP contribution in [0.25, 0.3) is 0 Å². The van der Waals surface area contributed by atoms with E-state index < -0.39 is 29.8 Å². The molecule has 1 aromatic carbocycles. The van der Waals surface area contributed by atoms with E-state index in [1.54, 1.807) is 0 Å². The van der Waals surface area contributed by atoms with Gasteiger partial charge in [0, 0.05) is 12.1 Å². The molecule has 6 rings (SSSR count). The van der Waals surface area contributed by atoms with Crippen molar-refractivity contribution in [1.82, 2.24) is 9.97 Å². The number of aromatic nitrogens is 2. The summed E-state index contributed by atoms with van der Waals surface area (Å²) >= 11 is 0. The van der Waals surface area contributed by atoms with Gasteiger partial charge in [-0.1, -0.05) is 18.2 Å². The molecule has 0 amide bonds. The number of benzene rings is 1. The molecule has 9 heteroatoms. The maximum atomic E-state index is 14.4. The normalized spacial score (nSPS) is 27.8. The zero-order valence-electron chi connectivity index (χ0n) is 16.1. The lowest BCUT2D eigenvalue weighted by Gasteiger charge is -2.66. The minimum absolute atomic E-state index is 0.0404. The molecule has 3 saturated carbocycles. The Morgan fingerprint density at radius 2 is 1.87 bits per heavy atom. The first-order valence-electron chi connectivity index (χ1n) is 9.93. The van der Waals surface area contributed by atoms with Gasteiger partial charge < -0.3 is 14.8 Å². The van der Waals surface area contributed by atoms with Crippen LogP contribution in [0.15, 0.2) is 24.5 Å². The number of nitrogens with one attached hydrogen (secondary N) is 1. The van der Waals surface area contributed by atoms with Gasteiger partial charge in [-0.05, 0) is 31.1 Å². The summed E-state index contributed by atoms with van der Waals surface area (Å²) in [6.07, 6.45) is 0.00650. The van der Waals surface area contributed by atoms with Crippen molar-refractivity contribution >= 4 is 5.82 Å². The number of alkyl halides is 3. The van der Waals surface area contributed by atoms with E-state index in [1.165, 1.54) is 18.5 Å². The van der Waals surface area contributed by atoms with Gasteiger partial charge in [0.05, 0.1) is 30.0 Å². The molecule has 0 spiro atoms. The van der Waals surface area contributed by atoms with Crippen LogP contribution in [0.5, 0.6) is 0 Å². The van der Waals surface area contributed by atoms with E-state index in [2.05, 4.69) is 15.3 Å². The van der Waals surface area contributed by atoms with E-state index in [9.17, 15) is 17.6 Å². The monoisotopic (exact) mass is 423 g/mol. The van der Waals surface area contributed by atoms with Crippen LogP contribution >= 0.6 is 0 Å². The largest absolute Gasteiger partial charge is 0.365 e. The van der Waals surface area contributed by atoms with Crippen LogP contribution in [-0.4, -0.2) is 28.9 Å². The van der Waals surface area contributed by atoms with E-state index in [0.717, 1.165) is 6.07 Å². The van der Waals surface area contributed by atoms with Gasteiger partial charge >= 0.3 is 0 Å². The first kappa shape index (κ1) is 19.7. The standard InChI is InChI=1S/C21H21F4N3O2/c22-16-12(2-1-3-13(16)17(23)24)7-26-18-15(19-29-4-5-30-19)14(27-11-28-18)6-20-8-21(25,9-20)10-20/h1-3,11,17,19H,4-10H2,(H,26,27,28). The molecule has 4 aliphatic rings. The van der Waals surface area contributed by atoms with Gasteiger partial charge in [-0.15, -0.1) is 0 Å². The number of halogens is 4. The fraction of sp³-hybridized carbons (Fsp3) is 0.524. The number of ether oxygens (including phenoxy) is 2. The molecule has 1 aromatic heterocycles. The lowest BCUT2D eigenvalue weighted by Crippen LogP contribution is -2.65. The van der Waals surface area contributed by atoms with Gasteiger partial charge in [0.2, 0.25) is 0 Å². The van der Waals surface area contributed by atoms with Crippen LogP contribution in [0.2, 0.25) is 0 Å². The third kappa shape index (κ3) is 3.33. The van der Waals surface area contributed by atoms with Crippen molar-refractivity contribution in [3.05, 3.63) is 52.7 Å². The molecule has 160 valence electrons. The molecule has 0 unspecified atom stereocenters. The molecule has 4 fully saturated rings. The molecular formula is C21H21F4N3O2. The molecule has 5 nitrogen and oxygen atoms in total. The van der Waals surface area contributed by atoms with Crippen molar-refractivity contribution in [2.45, 2.75) is 50.6 Å². The third-order valence-corrected chi connectivity index (χ3v) is 6.23. The first-order chi connectivity index (χ1) is 14.4. The summed E-state index contributed by atoms with van der Waals surface area (Å²) in [5.74, 6) is -0.540. The minimum atomic E-state index is -2.89. The van der Waals surface area contributed by atoms with E-state index in [4.69, 9.17) is 9.47 Å². The van der Waals surface area contributed by atoms with Crippen LogP contribution < -0.4 is 5.32 Å². The average Bonchev–Trinajstić information content (AvgIpc) is 3.19. The summed E-state index contributed by atoms with van der Waals surface area (Å²) in [6, 6.07) is 3.91. The van der Waals surface area contributed by atoms with E-state index in [0.29, 0.717) is 56.0 Å². The summed E-state index contributed by atoms with van der Waals surface area (Å²) in [5.41, 5.74) is -0.302. The second-order valence-corrected chi connectivity index (χ2v) is 8.49. The van der Waals surface area contributed by atoms with Gasteiger partial charge in [0.15, 0.2) is 6.29 Å². The quantitative estimate of drug-likeness (QED) is 0.658. The summed E-state index contributed by atoms with van der Waals surface area (Å²) in [7, 11) is 0. The second kappa shape index (κ2) is 7.16. The van der Waals surface area contributed by atoms with Crippen molar-refractivity contribution in [1.29, 1.82) is 0 Å². The molecule has 2 heterocycles. The van der Waals surface area contributed by atoms with Gasteiger partial charge in [0.25, 0.3) is 6.43 Å². The molecule has 2 bridgehead atoms. The van der Waals surface area contributed by atoms with Gasteiger partial charge in [-0.2, -0.15) is 0 Å². The highest BCUT2D eigenvalue weighted by atomic mass is 19.3. The van der Waals surface area contributed by atoms with Crippen molar-refractivity contribution in [2.24, 2.45) is 5.41 Å². The number of rotatable bonds is 7. The topological polar surface area (TPSA) is 56.3 Å². The Kier molecular flexibility index (Phi) is 4.70. The highest BCUT2D eigenvalue weighted by Gasteiger charge is 2.68. The fourth-order valence-electron chi connectivity index (χ4n) is 4.97. The predicted molar refractivity (Wildman–Crippen MR) is 99.2 cm³/mol. The molecule has 30 heavy (non-hydrogen) atoms. The summed E-state index contributed by atoms with van der Waals surface area (Å²) in [4.78, 5) is 8.66. The zero-order chi connectivity index (χ0) is 20.9. The Morgan fingerprint density at radius 1 is 1.13 bits per heavy atom. The highest BCUT2D eigenvalue weighted by molar-refractivity contribution is 5.48. The van der Waals surface area contributed by atoms with Crippen molar-refractivity contribution in [3.63, 3.8) is 0 Å². The smallest absolute Gasteiger partial charge is 0.266 e. The second-order valence-electron chi connectivity index (χ2n) is 8.49. The van der Waals surface area contributed by atoms with E-state index >= 15 is 0 Å². The number of hydrogen-bond acceptors (Lipinski definition) is 5. The SMILES string of the molecule is Fc1c(CNc2ncnc(CC34CC(F)(C3)C4)c2C2OCCO2)cccc1C(F)F. The Morgan fingerprint density at radius 3 is 2.53 bits per heavy atom. The first-order valence-corrected chi connectivity index (χ1v) is 9.93. The molecular weight excluding hydrogens is 402 g/mol. The lowest BCUT2D eigenvalue weighted by atomic mass is 9.41. The predicted octanol–water partition coefficient (Wildman–Crippen LogP) is 4.65. The summed E-state index contributed by atoms with van der Waals surface area (Å²) < 4.78 is 65.6. The minimum Gasteiger partial charge on any atom is -0.365 e. The molecule has 0 atom stereocenters. The highest BCUT2D eigenvalue weighted by Crippen LogP contribution is 2.70. The lowest BCUT2D eigenvalue weighted by molar-refractivity contribution is -0.212. The van der Waals surface area contributed by atoms with Crippen LogP contribution in [0.3, 0.4) is 0 Å². The van der Waals surface area contributed by atoms with Crippen molar-refractivity contribution in [2.75, 3.05) is 18.5 Å². The summed E-state index contributed by atoms with van der Waals surface area (Å²) in [5, 5.41) is 3.03. The van der Waals surface area contributed by atoms with Crippen LogP contribution in [-0.2, 0) is 22.4 Å². The average molecular weight is 423 g/mol. The van der Waals surface area contributed by atoms with E-state index in [1.807, 2.05) is 0 Å². The molecule has 1 N–H and O–H groups in total. The fourth-order valence-corrected chi connectivity index (χ4v) is 4.97. The van der Waals surface area contributed by atoms with Gasteiger partial charge in [-0.3, -0.25) is 0 Å². The number of nitrogens with zero attached hydrogens (tertiary/aromatic N) is 2. The molecule has 1 aliphatic heterocycles. The maximum absolute atomic E-state index is 14.4. The van der Waals surface area contributed by atoms with Crippen molar-refractivity contribution < 1.29 is 27.0 Å². The van der Waals surface area contributed by atoms with Gasteiger partial charge in [-0.25, -0.2) is 27.5 Å². The third-order valence-electron chi connectivity index (χ3n) is 6.23. The van der Waals surface area contributed by atoms with Gasteiger partial charge in [0.1, 0.15) is 23.6 Å². The van der Waals surface area contributed by atoms with Crippen molar-refractivity contribution in [3.8, 4) is 0 Å². The Hall–Kier alpha value is -2.26. The molecule has 1 saturated heterocycles. The molecule has 3 aliphatic carbocycles. The Balaban J connectivity index is 1.41. The van der Waals surface area contributed by atoms with Crippen LogP contribution in [0, 0.1) is 11.2 Å². The maximum Gasteiger partial charge on any atom is 0.266 e.